The largest absolute Gasteiger partial charge is 0.0595 e. The number of hydrogen-bond donors (Lipinski definition) is 0. The summed E-state index contributed by atoms with van der Waals surface area (Å²) in [6.45, 7) is 0. The van der Waals surface area contributed by atoms with E-state index in [-0.39, 0.29) is 8.07 Å². The molecule has 0 aliphatic carbocycles. The Morgan fingerprint density at radius 2 is 1.20 bits per heavy atom. The van der Waals surface area contributed by atoms with Gasteiger partial charge in [-0.15, -0.1) is 0 Å². The molecule has 1 spiro atoms. The van der Waals surface area contributed by atoms with Gasteiger partial charge in [0.1, 0.15) is 0 Å². The molecule has 0 aromatic heterocycles. The fraction of sp³-hybridized carbons (Fsp3) is 1.00. The Hall–Kier alpha value is 0.217. The Morgan fingerprint density at radius 3 is 1.20 bits per heavy atom. The summed E-state index contributed by atoms with van der Waals surface area (Å²) in [5.41, 5.74) is 0. The van der Waals surface area contributed by atoms with Gasteiger partial charge in [-0.2, -0.15) is 0 Å². The molecule has 28 valence electrons. The van der Waals surface area contributed by atoms with Gasteiger partial charge in [0.05, 0.1) is 8.07 Å². The van der Waals surface area contributed by atoms with Gasteiger partial charge in [-0.3, -0.25) is 0 Å². The minimum absolute atomic E-state index is 0.111. The molecule has 2 rings (SSSR count). The van der Waals surface area contributed by atoms with E-state index in [4.69, 9.17) is 0 Å². The maximum Gasteiger partial charge on any atom is 0.0524 e. The Bertz CT molecular complexity index is 46.5. The second-order valence-electron chi connectivity index (χ2n) is 2.50. The Kier molecular flexibility index (Phi) is 0.201. The third kappa shape index (κ3) is 0.199. The molecule has 0 unspecified atom stereocenters. The lowest BCUT2D eigenvalue weighted by molar-refractivity contribution is 1.69. The first kappa shape index (κ1) is 2.40. The van der Waals surface area contributed by atoms with Crippen molar-refractivity contribution in [3.63, 3.8) is 0 Å². The van der Waals surface area contributed by atoms with Crippen LogP contribution in [0.1, 0.15) is 0 Å². The van der Waals surface area contributed by atoms with Crippen LogP contribution in [0.25, 0.3) is 0 Å². The van der Waals surface area contributed by atoms with E-state index in [1.165, 1.54) is 0 Å². The van der Waals surface area contributed by atoms with E-state index in [0.29, 0.717) is 0 Å². The molecule has 0 atom stereocenters. The number of hydrogen-bond acceptors (Lipinski definition) is 0. The van der Waals surface area contributed by atoms with Gasteiger partial charge < -0.3 is 0 Å². The second kappa shape index (κ2) is 0.418. The predicted molar refractivity (Wildman–Crippen MR) is 25.0 cm³/mol. The highest BCUT2D eigenvalue weighted by atomic mass is 28.3. The lowest BCUT2D eigenvalue weighted by atomic mass is 11.0. The first-order valence-corrected chi connectivity index (χ1v) is 5.24. The summed E-state index contributed by atoms with van der Waals surface area (Å²) in [4.78, 5) is 0. The van der Waals surface area contributed by atoms with Crippen LogP contribution >= 0.6 is 0 Å². The van der Waals surface area contributed by atoms with Crippen molar-refractivity contribution < 1.29 is 0 Å². The van der Waals surface area contributed by atoms with Crippen molar-refractivity contribution in [2.24, 2.45) is 0 Å². The van der Waals surface area contributed by atoms with Crippen molar-refractivity contribution in [2.45, 2.75) is 24.2 Å². The van der Waals surface area contributed by atoms with Gasteiger partial charge in [0, 0.05) is 0 Å². The average Bonchev–Trinajstić information content (AvgIpc) is 2.17. The van der Waals surface area contributed by atoms with E-state index in [1.54, 1.807) is 24.2 Å². The van der Waals surface area contributed by atoms with Crippen molar-refractivity contribution in [1.29, 1.82) is 0 Å². The minimum atomic E-state index is -0.111. The third-order valence-electron chi connectivity index (χ3n) is 1.91. The van der Waals surface area contributed by atoms with Crippen LogP contribution in [0.2, 0.25) is 24.2 Å². The molecule has 0 amide bonds. The SMILES string of the molecule is C1C[Si]12CC2. The zero-order chi connectivity index (χ0) is 3.33. The highest BCUT2D eigenvalue weighted by Crippen LogP contribution is 2.57. The molecule has 0 saturated carbocycles. The highest BCUT2D eigenvalue weighted by molar-refractivity contribution is 6.97. The molecule has 0 aromatic rings. The van der Waals surface area contributed by atoms with Gasteiger partial charge in [0.2, 0.25) is 0 Å². The molecule has 0 aromatic carbocycles. The van der Waals surface area contributed by atoms with Gasteiger partial charge in [0.25, 0.3) is 0 Å². The van der Waals surface area contributed by atoms with E-state index >= 15 is 0 Å². The summed E-state index contributed by atoms with van der Waals surface area (Å²) in [5, 5.41) is 0. The van der Waals surface area contributed by atoms with Crippen molar-refractivity contribution >= 4 is 8.07 Å². The van der Waals surface area contributed by atoms with Crippen molar-refractivity contribution in [2.75, 3.05) is 0 Å². The van der Waals surface area contributed by atoms with Crippen LogP contribution in [0.15, 0.2) is 0 Å². The maximum atomic E-state index is 1.70. The summed E-state index contributed by atoms with van der Waals surface area (Å²) in [6.07, 6.45) is 0. The lowest BCUT2D eigenvalue weighted by Crippen LogP contribution is -1.74. The fourth-order valence-corrected chi connectivity index (χ4v) is 4.68. The summed E-state index contributed by atoms with van der Waals surface area (Å²) in [7, 11) is -0.111. The molecule has 0 radical (unpaired) electrons. The highest BCUT2D eigenvalue weighted by Gasteiger charge is 2.55. The Balaban J connectivity index is 2.30. The maximum absolute atomic E-state index is 1.70. The first-order chi connectivity index (χ1) is 2.41. The van der Waals surface area contributed by atoms with E-state index in [9.17, 15) is 0 Å². The fourth-order valence-electron chi connectivity index (χ4n) is 0.854. The van der Waals surface area contributed by atoms with E-state index in [0.717, 1.165) is 0 Å². The second-order valence-corrected chi connectivity index (χ2v) is 7.50. The third-order valence-corrected chi connectivity index (χ3v) is 5.74. The molecule has 2 aliphatic heterocycles. The topological polar surface area (TPSA) is 0 Å². The lowest BCUT2D eigenvalue weighted by Gasteiger charge is -1.55. The van der Waals surface area contributed by atoms with Crippen molar-refractivity contribution in [3.05, 3.63) is 0 Å². The molecule has 0 N–H and O–H groups in total. The van der Waals surface area contributed by atoms with Gasteiger partial charge in [-0.25, -0.2) is 0 Å². The summed E-state index contributed by atoms with van der Waals surface area (Å²) < 4.78 is 0. The van der Waals surface area contributed by atoms with Gasteiger partial charge in [0.15, 0.2) is 0 Å². The molecule has 5 heavy (non-hydrogen) atoms. The van der Waals surface area contributed by atoms with Gasteiger partial charge in [-0.05, 0) is 0 Å². The van der Waals surface area contributed by atoms with Crippen LogP contribution < -0.4 is 0 Å². The molecular weight excluding hydrogens is 76.1 g/mol. The standard InChI is InChI=1S/C4H8Si/c1-2-5(1)3-4-5/h1-4H2. The van der Waals surface area contributed by atoms with E-state index in [2.05, 4.69) is 0 Å². The van der Waals surface area contributed by atoms with Gasteiger partial charge in [-0.1, -0.05) is 24.2 Å². The minimum Gasteiger partial charge on any atom is -0.0595 e. The Morgan fingerprint density at radius 1 is 0.800 bits per heavy atom. The zero-order valence-corrected chi connectivity index (χ0v) is 4.33. The smallest absolute Gasteiger partial charge is 0.0524 e. The average molecular weight is 84.2 g/mol. The summed E-state index contributed by atoms with van der Waals surface area (Å²) in [6, 6.07) is 6.81. The van der Waals surface area contributed by atoms with E-state index in [1.807, 2.05) is 0 Å². The quantitative estimate of drug-likeness (QED) is 0.390. The van der Waals surface area contributed by atoms with Crippen molar-refractivity contribution in [1.82, 2.24) is 0 Å². The van der Waals surface area contributed by atoms with Crippen LogP contribution in [0.5, 0.6) is 0 Å². The van der Waals surface area contributed by atoms with Crippen LogP contribution in [0.3, 0.4) is 0 Å². The zero-order valence-electron chi connectivity index (χ0n) is 3.33. The summed E-state index contributed by atoms with van der Waals surface area (Å²) in [5.74, 6) is 0. The molecule has 1 heteroatoms. The molecule has 2 fully saturated rings. The van der Waals surface area contributed by atoms with Crippen molar-refractivity contribution in [3.8, 4) is 0 Å². The molecule has 0 bridgehead atoms. The molecular formula is C4H8Si. The molecule has 0 nitrogen and oxygen atoms in total. The molecule has 2 heterocycles. The number of rotatable bonds is 0. The van der Waals surface area contributed by atoms with Gasteiger partial charge >= 0.3 is 0 Å². The summed E-state index contributed by atoms with van der Waals surface area (Å²) >= 11 is 0. The van der Waals surface area contributed by atoms with Crippen LogP contribution in [-0.4, -0.2) is 8.07 Å². The van der Waals surface area contributed by atoms with E-state index < -0.39 is 0 Å². The molecule has 2 saturated heterocycles. The van der Waals surface area contributed by atoms with Crippen LogP contribution in [0, 0.1) is 0 Å². The van der Waals surface area contributed by atoms with Crippen LogP contribution in [0.4, 0.5) is 0 Å². The normalized spacial score (nSPS) is 38.4. The first-order valence-electron chi connectivity index (χ1n) is 2.41. The Labute approximate surface area is 33.2 Å². The monoisotopic (exact) mass is 84.0 g/mol. The van der Waals surface area contributed by atoms with Crippen LogP contribution in [-0.2, 0) is 0 Å². The molecule has 2 aliphatic rings. The predicted octanol–water partition coefficient (Wildman–Crippen LogP) is 1.46.